The molecule has 0 saturated carbocycles. The molecule has 0 aliphatic rings. The van der Waals surface area contributed by atoms with Gasteiger partial charge in [0.25, 0.3) is 0 Å². The summed E-state index contributed by atoms with van der Waals surface area (Å²) in [6.07, 6.45) is 2.21. The van der Waals surface area contributed by atoms with Gasteiger partial charge in [0.2, 0.25) is 0 Å². The summed E-state index contributed by atoms with van der Waals surface area (Å²) in [5.41, 5.74) is 3.48. The summed E-state index contributed by atoms with van der Waals surface area (Å²) in [5, 5.41) is 10.1. The van der Waals surface area contributed by atoms with Crippen molar-refractivity contribution < 1.29 is 5.11 Å². The third-order valence-electron chi connectivity index (χ3n) is 3.79. The van der Waals surface area contributed by atoms with Crippen LogP contribution < -0.4 is 0 Å². The zero-order valence-corrected chi connectivity index (χ0v) is 12.0. The summed E-state index contributed by atoms with van der Waals surface area (Å²) in [5.74, 6) is 0.374. The van der Waals surface area contributed by atoms with E-state index in [0.29, 0.717) is 5.75 Å². The molecule has 0 spiro atoms. The van der Waals surface area contributed by atoms with Crippen LogP contribution in [0.3, 0.4) is 0 Å². The Balaban J connectivity index is 2.53. The number of hydrogen-bond donors (Lipinski definition) is 1. The first-order valence-corrected chi connectivity index (χ1v) is 6.94. The normalized spacial score (nSPS) is 11.5. The van der Waals surface area contributed by atoms with Gasteiger partial charge in [-0.15, -0.1) is 0 Å². The maximum Gasteiger partial charge on any atom is 0.119 e. The maximum absolute atomic E-state index is 10.1. The molecule has 0 amide bonds. The third kappa shape index (κ3) is 2.65. The predicted molar refractivity (Wildman–Crippen MR) is 80.7 cm³/mol. The second-order valence-corrected chi connectivity index (χ2v) is 5.55. The first-order chi connectivity index (χ1) is 9.07. The van der Waals surface area contributed by atoms with Gasteiger partial charge in [-0.05, 0) is 23.6 Å². The number of para-hydroxylation sites is 1. The van der Waals surface area contributed by atoms with E-state index in [1.165, 1.54) is 11.1 Å². The SMILES string of the molecule is CCCc1ccccc1C(C)(C)c1ccccc1O. The fourth-order valence-corrected chi connectivity index (χ4v) is 2.76. The van der Waals surface area contributed by atoms with Crippen LogP contribution in [0.4, 0.5) is 0 Å². The summed E-state index contributed by atoms with van der Waals surface area (Å²) in [7, 11) is 0. The van der Waals surface area contributed by atoms with E-state index in [2.05, 4.69) is 45.0 Å². The van der Waals surface area contributed by atoms with E-state index < -0.39 is 0 Å². The molecule has 0 aliphatic heterocycles. The van der Waals surface area contributed by atoms with E-state index in [1.807, 2.05) is 18.2 Å². The molecule has 0 unspecified atom stereocenters. The van der Waals surface area contributed by atoms with Crippen molar-refractivity contribution in [3.05, 3.63) is 65.2 Å². The van der Waals surface area contributed by atoms with E-state index in [4.69, 9.17) is 0 Å². The molecule has 0 aliphatic carbocycles. The molecular formula is C18H22O. The zero-order valence-electron chi connectivity index (χ0n) is 12.0. The number of benzene rings is 2. The van der Waals surface area contributed by atoms with Crippen LogP contribution in [0, 0.1) is 0 Å². The van der Waals surface area contributed by atoms with Gasteiger partial charge < -0.3 is 5.11 Å². The molecule has 1 heteroatoms. The van der Waals surface area contributed by atoms with E-state index in [9.17, 15) is 5.11 Å². The number of hydrogen-bond acceptors (Lipinski definition) is 1. The van der Waals surface area contributed by atoms with Gasteiger partial charge >= 0.3 is 0 Å². The lowest BCUT2D eigenvalue weighted by atomic mass is 9.75. The lowest BCUT2D eigenvalue weighted by Crippen LogP contribution is -2.21. The molecule has 0 fully saturated rings. The molecule has 0 aromatic heterocycles. The van der Waals surface area contributed by atoms with Crippen molar-refractivity contribution in [2.45, 2.75) is 39.0 Å². The molecule has 2 rings (SSSR count). The Morgan fingerprint density at radius 2 is 1.47 bits per heavy atom. The summed E-state index contributed by atoms with van der Waals surface area (Å²) in [6, 6.07) is 16.2. The first kappa shape index (κ1) is 13.7. The average Bonchev–Trinajstić information content (AvgIpc) is 2.40. The fourth-order valence-electron chi connectivity index (χ4n) is 2.76. The van der Waals surface area contributed by atoms with E-state index in [0.717, 1.165) is 18.4 Å². The summed E-state index contributed by atoms with van der Waals surface area (Å²) in [4.78, 5) is 0. The number of rotatable bonds is 4. The number of phenolic OH excluding ortho intramolecular Hbond substituents is 1. The van der Waals surface area contributed by atoms with Gasteiger partial charge in [-0.25, -0.2) is 0 Å². The molecular weight excluding hydrogens is 232 g/mol. The van der Waals surface area contributed by atoms with Gasteiger partial charge in [-0.3, -0.25) is 0 Å². The van der Waals surface area contributed by atoms with Gasteiger partial charge in [0.1, 0.15) is 5.75 Å². The molecule has 100 valence electrons. The Hall–Kier alpha value is -1.76. The molecule has 0 bridgehead atoms. The maximum atomic E-state index is 10.1. The zero-order chi connectivity index (χ0) is 13.9. The summed E-state index contributed by atoms with van der Waals surface area (Å²) < 4.78 is 0. The highest BCUT2D eigenvalue weighted by molar-refractivity contribution is 5.47. The van der Waals surface area contributed by atoms with Crippen LogP contribution >= 0.6 is 0 Å². The van der Waals surface area contributed by atoms with Gasteiger partial charge in [0.05, 0.1) is 0 Å². The second kappa shape index (κ2) is 5.48. The molecule has 2 aromatic carbocycles. The summed E-state index contributed by atoms with van der Waals surface area (Å²) in [6.45, 7) is 6.55. The van der Waals surface area contributed by atoms with Crippen molar-refractivity contribution in [2.75, 3.05) is 0 Å². The highest BCUT2D eigenvalue weighted by atomic mass is 16.3. The van der Waals surface area contributed by atoms with Crippen molar-refractivity contribution in [3.63, 3.8) is 0 Å². The van der Waals surface area contributed by atoms with Crippen LogP contribution in [-0.2, 0) is 11.8 Å². The minimum atomic E-state index is -0.183. The lowest BCUT2D eigenvalue weighted by molar-refractivity contribution is 0.452. The van der Waals surface area contributed by atoms with Crippen LogP contribution in [0.1, 0.15) is 43.9 Å². The van der Waals surface area contributed by atoms with Gasteiger partial charge in [0, 0.05) is 11.0 Å². The molecule has 0 atom stereocenters. The van der Waals surface area contributed by atoms with Crippen molar-refractivity contribution in [1.82, 2.24) is 0 Å². The minimum absolute atomic E-state index is 0.183. The first-order valence-electron chi connectivity index (χ1n) is 6.94. The van der Waals surface area contributed by atoms with E-state index in [1.54, 1.807) is 6.07 Å². The largest absolute Gasteiger partial charge is 0.508 e. The quantitative estimate of drug-likeness (QED) is 0.840. The molecule has 1 N–H and O–H groups in total. The molecule has 0 saturated heterocycles. The van der Waals surface area contributed by atoms with Crippen molar-refractivity contribution in [2.24, 2.45) is 0 Å². The van der Waals surface area contributed by atoms with Crippen LogP contribution in [0.15, 0.2) is 48.5 Å². The Labute approximate surface area is 115 Å². The smallest absolute Gasteiger partial charge is 0.119 e. The Bertz CT molecular complexity index is 555. The number of aromatic hydroxyl groups is 1. The molecule has 2 aromatic rings. The predicted octanol–water partition coefficient (Wildman–Crippen LogP) is 4.67. The molecule has 0 heterocycles. The highest BCUT2D eigenvalue weighted by Crippen LogP contribution is 2.38. The van der Waals surface area contributed by atoms with Crippen molar-refractivity contribution in [1.29, 1.82) is 0 Å². The van der Waals surface area contributed by atoms with Gasteiger partial charge in [-0.2, -0.15) is 0 Å². The van der Waals surface area contributed by atoms with Gasteiger partial charge in [-0.1, -0.05) is 69.7 Å². The second-order valence-electron chi connectivity index (χ2n) is 5.55. The van der Waals surface area contributed by atoms with Crippen LogP contribution in [0.25, 0.3) is 0 Å². The van der Waals surface area contributed by atoms with Crippen LogP contribution in [0.5, 0.6) is 5.75 Å². The molecule has 19 heavy (non-hydrogen) atoms. The Morgan fingerprint density at radius 1 is 0.895 bits per heavy atom. The summed E-state index contributed by atoms with van der Waals surface area (Å²) >= 11 is 0. The van der Waals surface area contributed by atoms with Crippen LogP contribution in [-0.4, -0.2) is 5.11 Å². The van der Waals surface area contributed by atoms with E-state index in [-0.39, 0.29) is 5.41 Å². The Morgan fingerprint density at radius 3 is 2.11 bits per heavy atom. The minimum Gasteiger partial charge on any atom is -0.508 e. The van der Waals surface area contributed by atoms with E-state index >= 15 is 0 Å². The Kier molecular flexibility index (Phi) is 3.94. The monoisotopic (exact) mass is 254 g/mol. The standard InChI is InChI=1S/C18H22O/c1-4-9-14-10-5-6-11-15(14)18(2,3)16-12-7-8-13-17(16)19/h5-8,10-13,19H,4,9H2,1-3H3. The lowest BCUT2D eigenvalue weighted by Gasteiger charge is -2.29. The topological polar surface area (TPSA) is 20.2 Å². The third-order valence-corrected chi connectivity index (χ3v) is 3.79. The fraction of sp³-hybridized carbons (Fsp3) is 0.333. The molecule has 0 radical (unpaired) electrons. The van der Waals surface area contributed by atoms with Crippen LogP contribution in [0.2, 0.25) is 0 Å². The van der Waals surface area contributed by atoms with Crippen molar-refractivity contribution in [3.8, 4) is 5.75 Å². The molecule has 1 nitrogen and oxygen atoms in total. The van der Waals surface area contributed by atoms with Gasteiger partial charge in [0.15, 0.2) is 0 Å². The average molecular weight is 254 g/mol. The number of aryl methyl sites for hydroxylation is 1. The van der Waals surface area contributed by atoms with Crippen molar-refractivity contribution >= 4 is 0 Å². The highest BCUT2D eigenvalue weighted by Gasteiger charge is 2.27. The number of phenols is 1.